The zero-order valence-electron chi connectivity index (χ0n) is 10.6. The number of esters is 1. The summed E-state index contributed by atoms with van der Waals surface area (Å²) in [4.78, 5) is 22.6. The number of hydrogen-bond acceptors (Lipinski definition) is 4. The van der Waals surface area contributed by atoms with Gasteiger partial charge >= 0.3 is 11.9 Å². The molecule has 4 nitrogen and oxygen atoms in total. The molecule has 0 aliphatic heterocycles. The van der Waals surface area contributed by atoms with E-state index >= 15 is 0 Å². The predicted octanol–water partition coefficient (Wildman–Crippen LogP) is 1.73. The highest BCUT2D eigenvalue weighted by atomic mass is 32.2. The molecule has 1 aliphatic carbocycles. The first-order valence-corrected chi connectivity index (χ1v) is 7.36. The van der Waals surface area contributed by atoms with Gasteiger partial charge in [-0.15, -0.1) is 0 Å². The van der Waals surface area contributed by atoms with Gasteiger partial charge in [0.2, 0.25) is 0 Å². The number of nitrogens with one attached hydrogen (secondary N) is 1. The molecule has 0 atom stereocenters. The SMILES string of the molecule is CCOC(=O)C(=O)NCC1(SC)CCCCC1. The Kier molecular flexibility index (Phi) is 5.82. The van der Waals surface area contributed by atoms with Crippen molar-refractivity contribution in [2.24, 2.45) is 0 Å². The molecule has 0 heterocycles. The van der Waals surface area contributed by atoms with Gasteiger partial charge in [-0.3, -0.25) is 4.79 Å². The summed E-state index contributed by atoms with van der Waals surface area (Å²) in [6.45, 7) is 2.49. The summed E-state index contributed by atoms with van der Waals surface area (Å²) in [6, 6.07) is 0. The van der Waals surface area contributed by atoms with Crippen LogP contribution in [-0.4, -0.2) is 36.0 Å². The Labute approximate surface area is 107 Å². The predicted molar refractivity (Wildman–Crippen MR) is 69.0 cm³/mol. The molecule has 1 fully saturated rings. The number of ether oxygens (including phenoxy) is 1. The molecule has 0 aromatic heterocycles. The molecular formula is C12H21NO3S. The molecule has 1 N–H and O–H groups in total. The van der Waals surface area contributed by atoms with Gasteiger partial charge in [-0.2, -0.15) is 11.8 Å². The molecule has 0 bridgehead atoms. The number of thioether (sulfide) groups is 1. The lowest BCUT2D eigenvalue weighted by Crippen LogP contribution is -2.44. The number of carbonyl (C=O) groups is 2. The van der Waals surface area contributed by atoms with Crippen molar-refractivity contribution >= 4 is 23.6 Å². The second-order valence-electron chi connectivity index (χ2n) is 4.35. The van der Waals surface area contributed by atoms with Crippen LogP contribution in [0.2, 0.25) is 0 Å². The zero-order chi connectivity index (χ0) is 12.7. The Bertz CT molecular complexity index is 275. The molecule has 0 unspecified atom stereocenters. The van der Waals surface area contributed by atoms with Gasteiger partial charge in [0.05, 0.1) is 6.61 Å². The minimum Gasteiger partial charge on any atom is -0.459 e. The molecule has 17 heavy (non-hydrogen) atoms. The lowest BCUT2D eigenvalue weighted by atomic mass is 9.88. The van der Waals surface area contributed by atoms with E-state index in [-0.39, 0.29) is 11.4 Å². The number of carbonyl (C=O) groups excluding carboxylic acids is 2. The van der Waals surface area contributed by atoms with Crippen molar-refractivity contribution in [2.75, 3.05) is 19.4 Å². The summed E-state index contributed by atoms with van der Waals surface area (Å²) in [6.07, 6.45) is 7.97. The molecule has 0 aromatic rings. The van der Waals surface area contributed by atoms with Crippen LogP contribution in [0.25, 0.3) is 0 Å². The van der Waals surface area contributed by atoms with Gasteiger partial charge in [0.15, 0.2) is 0 Å². The fourth-order valence-electron chi connectivity index (χ4n) is 2.16. The molecule has 1 amide bonds. The summed E-state index contributed by atoms with van der Waals surface area (Å²) in [5.74, 6) is -1.40. The van der Waals surface area contributed by atoms with Crippen LogP contribution < -0.4 is 5.32 Å². The Morgan fingerprint density at radius 1 is 1.29 bits per heavy atom. The van der Waals surface area contributed by atoms with E-state index in [1.807, 2.05) is 0 Å². The van der Waals surface area contributed by atoms with Gasteiger partial charge in [0.1, 0.15) is 0 Å². The van der Waals surface area contributed by atoms with Crippen molar-refractivity contribution in [3.8, 4) is 0 Å². The highest BCUT2D eigenvalue weighted by Crippen LogP contribution is 2.37. The maximum absolute atomic E-state index is 11.4. The second-order valence-corrected chi connectivity index (χ2v) is 5.63. The van der Waals surface area contributed by atoms with Crippen LogP contribution >= 0.6 is 11.8 Å². The van der Waals surface area contributed by atoms with Gasteiger partial charge < -0.3 is 10.1 Å². The van der Waals surface area contributed by atoms with E-state index in [1.54, 1.807) is 18.7 Å². The minimum atomic E-state index is -0.778. The minimum absolute atomic E-state index is 0.112. The third kappa shape index (κ3) is 4.22. The first-order chi connectivity index (χ1) is 8.13. The van der Waals surface area contributed by atoms with Crippen LogP contribution in [-0.2, 0) is 14.3 Å². The fourth-order valence-corrected chi connectivity index (χ4v) is 3.07. The van der Waals surface area contributed by atoms with Crippen LogP contribution in [0.5, 0.6) is 0 Å². The molecule has 0 aromatic carbocycles. The highest BCUT2D eigenvalue weighted by molar-refractivity contribution is 8.00. The molecule has 1 rings (SSSR count). The molecule has 0 radical (unpaired) electrons. The lowest BCUT2D eigenvalue weighted by molar-refractivity contribution is -0.154. The van der Waals surface area contributed by atoms with Crippen LogP contribution in [0.3, 0.4) is 0 Å². The molecule has 98 valence electrons. The molecule has 1 saturated carbocycles. The summed E-state index contributed by atoms with van der Waals surface area (Å²) in [7, 11) is 0. The van der Waals surface area contributed by atoms with E-state index in [4.69, 9.17) is 0 Å². The van der Waals surface area contributed by atoms with Crippen molar-refractivity contribution in [3.05, 3.63) is 0 Å². The first-order valence-electron chi connectivity index (χ1n) is 6.13. The third-order valence-electron chi connectivity index (χ3n) is 3.23. The summed E-state index contributed by atoms with van der Waals surface area (Å²) in [5.41, 5.74) is 0. The number of rotatable bonds is 4. The summed E-state index contributed by atoms with van der Waals surface area (Å²) < 4.78 is 4.76. The first kappa shape index (κ1) is 14.4. The van der Waals surface area contributed by atoms with Gasteiger partial charge in [0, 0.05) is 11.3 Å². The van der Waals surface area contributed by atoms with E-state index in [0.29, 0.717) is 6.54 Å². The smallest absolute Gasteiger partial charge is 0.396 e. The van der Waals surface area contributed by atoms with E-state index in [2.05, 4.69) is 16.3 Å². The number of amides is 1. The van der Waals surface area contributed by atoms with Crippen molar-refractivity contribution in [1.29, 1.82) is 0 Å². The van der Waals surface area contributed by atoms with Gasteiger partial charge in [0.25, 0.3) is 0 Å². The van der Waals surface area contributed by atoms with Gasteiger partial charge in [-0.1, -0.05) is 19.3 Å². The Hall–Kier alpha value is -0.710. The molecular weight excluding hydrogens is 238 g/mol. The van der Waals surface area contributed by atoms with Crippen LogP contribution in [0.15, 0.2) is 0 Å². The average Bonchev–Trinajstić information content (AvgIpc) is 2.37. The maximum Gasteiger partial charge on any atom is 0.396 e. The zero-order valence-corrected chi connectivity index (χ0v) is 11.4. The van der Waals surface area contributed by atoms with Crippen molar-refractivity contribution in [1.82, 2.24) is 5.32 Å². The molecule has 5 heteroatoms. The Morgan fingerprint density at radius 2 is 1.94 bits per heavy atom. The second kappa shape index (κ2) is 6.89. The average molecular weight is 259 g/mol. The molecule has 0 saturated heterocycles. The quantitative estimate of drug-likeness (QED) is 0.617. The van der Waals surface area contributed by atoms with Crippen LogP contribution in [0.1, 0.15) is 39.0 Å². The van der Waals surface area contributed by atoms with Crippen molar-refractivity contribution < 1.29 is 14.3 Å². The van der Waals surface area contributed by atoms with E-state index in [0.717, 1.165) is 12.8 Å². The van der Waals surface area contributed by atoms with Gasteiger partial charge in [-0.05, 0) is 26.0 Å². The highest BCUT2D eigenvalue weighted by Gasteiger charge is 2.32. The molecule has 1 aliphatic rings. The molecule has 0 spiro atoms. The van der Waals surface area contributed by atoms with E-state index in [9.17, 15) is 9.59 Å². The summed E-state index contributed by atoms with van der Waals surface area (Å²) in [5, 5.41) is 2.69. The van der Waals surface area contributed by atoms with Crippen molar-refractivity contribution in [2.45, 2.75) is 43.8 Å². The van der Waals surface area contributed by atoms with Gasteiger partial charge in [-0.25, -0.2) is 4.79 Å². The van der Waals surface area contributed by atoms with Crippen molar-refractivity contribution in [3.63, 3.8) is 0 Å². The fraction of sp³-hybridized carbons (Fsp3) is 0.833. The Morgan fingerprint density at radius 3 is 2.47 bits per heavy atom. The van der Waals surface area contributed by atoms with E-state index in [1.165, 1.54) is 19.3 Å². The standard InChI is InChI=1S/C12H21NO3S/c1-3-16-11(15)10(14)13-9-12(17-2)7-5-4-6-8-12/h3-9H2,1-2H3,(H,13,14). The lowest BCUT2D eigenvalue weighted by Gasteiger charge is -2.35. The van der Waals surface area contributed by atoms with Crippen LogP contribution in [0, 0.1) is 0 Å². The normalized spacial score (nSPS) is 18.5. The monoisotopic (exact) mass is 259 g/mol. The maximum atomic E-state index is 11.4. The van der Waals surface area contributed by atoms with E-state index < -0.39 is 11.9 Å². The summed E-state index contributed by atoms with van der Waals surface area (Å²) >= 11 is 1.79. The Balaban J connectivity index is 2.41. The van der Waals surface area contributed by atoms with Crippen LogP contribution in [0.4, 0.5) is 0 Å². The number of hydrogen-bond donors (Lipinski definition) is 1. The largest absolute Gasteiger partial charge is 0.459 e. The topological polar surface area (TPSA) is 55.4 Å². The third-order valence-corrected chi connectivity index (χ3v) is 4.65.